The lowest BCUT2D eigenvalue weighted by Gasteiger charge is -2.11. The molecule has 0 radical (unpaired) electrons. The van der Waals surface area contributed by atoms with E-state index in [1.54, 1.807) is 30.3 Å². The lowest BCUT2D eigenvalue weighted by atomic mass is 9.97. The number of aromatic hydroxyl groups is 1. The number of carbonyl (C=O) groups is 2. The first-order valence-corrected chi connectivity index (χ1v) is 10.3. The van der Waals surface area contributed by atoms with Crippen molar-refractivity contribution in [3.05, 3.63) is 96.1 Å². The highest BCUT2D eigenvalue weighted by Crippen LogP contribution is 2.33. The van der Waals surface area contributed by atoms with Crippen LogP contribution < -0.4 is 0 Å². The zero-order chi connectivity index (χ0) is 23.1. The van der Waals surface area contributed by atoms with Gasteiger partial charge in [0.2, 0.25) is 0 Å². The molecule has 0 aliphatic rings. The molecule has 0 saturated heterocycles. The standard InChI is InChI=1S/C22H16O9S/c1-2-15-12-13-20(23)19(14-15)17-10-6-7-11-18(17)22(25)29-31-32(26,27)30-28-21(24)16-8-4-3-5-9-16/h2-14,23H,1H2. The second-order valence-electron chi connectivity index (χ2n) is 6.18. The van der Waals surface area contributed by atoms with Gasteiger partial charge in [0.25, 0.3) is 0 Å². The van der Waals surface area contributed by atoms with Gasteiger partial charge in [-0.25, -0.2) is 9.59 Å². The predicted octanol–water partition coefficient (Wildman–Crippen LogP) is 3.82. The predicted molar refractivity (Wildman–Crippen MR) is 112 cm³/mol. The highest BCUT2D eigenvalue weighted by molar-refractivity contribution is 7.81. The van der Waals surface area contributed by atoms with Crippen LogP contribution in [0.4, 0.5) is 0 Å². The van der Waals surface area contributed by atoms with Gasteiger partial charge >= 0.3 is 22.3 Å². The van der Waals surface area contributed by atoms with E-state index in [9.17, 15) is 23.1 Å². The van der Waals surface area contributed by atoms with E-state index in [-0.39, 0.29) is 28.0 Å². The van der Waals surface area contributed by atoms with E-state index in [0.29, 0.717) is 5.56 Å². The van der Waals surface area contributed by atoms with Crippen LogP contribution >= 0.6 is 0 Å². The maximum absolute atomic E-state index is 12.4. The second-order valence-corrected chi connectivity index (χ2v) is 7.27. The zero-order valence-electron chi connectivity index (χ0n) is 16.3. The van der Waals surface area contributed by atoms with Crippen LogP contribution in [-0.2, 0) is 28.8 Å². The monoisotopic (exact) mass is 456 g/mol. The van der Waals surface area contributed by atoms with Crippen LogP contribution in [0, 0.1) is 0 Å². The third-order valence-electron chi connectivity index (χ3n) is 4.09. The van der Waals surface area contributed by atoms with Gasteiger partial charge < -0.3 is 5.11 Å². The lowest BCUT2D eigenvalue weighted by molar-refractivity contribution is -0.202. The summed E-state index contributed by atoms with van der Waals surface area (Å²) in [5, 5.41) is 10.2. The minimum absolute atomic E-state index is 0.0233. The first kappa shape index (κ1) is 22.7. The van der Waals surface area contributed by atoms with Gasteiger partial charge in [0.1, 0.15) is 5.75 Å². The topological polar surface area (TPSA) is 125 Å². The Balaban J connectivity index is 1.70. The molecule has 3 aromatic carbocycles. The van der Waals surface area contributed by atoms with Gasteiger partial charge in [-0.1, -0.05) is 55.1 Å². The summed E-state index contributed by atoms with van der Waals surface area (Å²) in [5.41, 5.74) is 1.12. The van der Waals surface area contributed by atoms with Gasteiger partial charge in [0.05, 0.1) is 11.1 Å². The van der Waals surface area contributed by atoms with E-state index >= 15 is 0 Å². The van der Waals surface area contributed by atoms with Crippen LogP contribution in [0.2, 0.25) is 0 Å². The quantitative estimate of drug-likeness (QED) is 0.398. The summed E-state index contributed by atoms with van der Waals surface area (Å²) < 4.78 is 31.5. The van der Waals surface area contributed by atoms with Gasteiger partial charge in [-0.2, -0.15) is 8.42 Å². The molecule has 3 aromatic rings. The first-order valence-electron chi connectivity index (χ1n) is 8.96. The van der Waals surface area contributed by atoms with E-state index in [1.807, 2.05) is 0 Å². The number of carbonyl (C=O) groups excluding carboxylic acids is 2. The molecule has 0 fully saturated rings. The molecule has 0 aliphatic carbocycles. The highest BCUT2D eigenvalue weighted by Gasteiger charge is 2.24. The molecular weight excluding hydrogens is 440 g/mol. The van der Waals surface area contributed by atoms with Crippen molar-refractivity contribution in [2.24, 2.45) is 0 Å². The number of rotatable bonds is 8. The molecule has 10 heteroatoms. The Morgan fingerprint density at radius 1 is 0.812 bits per heavy atom. The number of hydrogen-bond acceptors (Lipinski definition) is 9. The minimum atomic E-state index is -5.03. The van der Waals surface area contributed by atoms with E-state index in [4.69, 9.17) is 0 Å². The maximum atomic E-state index is 12.4. The summed E-state index contributed by atoms with van der Waals surface area (Å²) >= 11 is 0. The number of phenolic OH excluding ortho intramolecular Hbond substituents is 1. The molecule has 1 N–H and O–H groups in total. The van der Waals surface area contributed by atoms with E-state index in [2.05, 4.69) is 25.0 Å². The molecule has 0 amide bonds. The van der Waals surface area contributed by atoms with E-state index in [0.717, 1.165) is 0 Å². The Kier molecular flexibility index (Phi) is 7.00. The van der Waals surface area contributed by atoms with E-state index in [1.165, 1.54) is 48.5 Å². The highest BCUT2D eigenvalue weighted by atomic mass is 32.3. The molecule has 0 atom stereocenters. The summed E-state index contributed by atoms with van der Waals surface area (Å²) in [6, 6.07) is 18.0. The molecule has 32 heavy (non-hydrogen) atoms. The summed E-state index contributed by atoms with van der Waals surface area (Å²) in [5.74, 6) is -2.43. The van der Waals surface area contributed by atoms with Crippen molar-refractivity contribution in [2.75, 3.05) is 0 Å². The molecule has 164 valence electrons. The average Bonchev–Trinajstić information content (AvgIpc) is 2.82. The molecule has 3 rings (SSSR count). The Hall–Kier alpha value is -3.99. The van der Waals surface area contributed by atoms with Gasteiger partial charge in [-0.15, -0.1) is 0 Å². The fraction of sp³-hybridized carbons (Fsp3) is 0. The van der Waals surface area contributed by atoms with Crippen molar-refractivity contribution in [1.29, 1.82) is 0 Å². The molecule has 9 nitrogen and oxygen atoms in total. The summed E-state index contributed by atoms with van der Waals surface area (Å²) in [4.78, 5) is 32.7. The summed E-state index contributed by atoms with van der Waals surface area (Å²) in [6.07, 6.45) is 1.55. The molecule has 0 unspecified atom stereocenters. The number of benzene rings is 3. The van der Waals surface area contributed by atoms with Crippen LogP contribution in [0.25, 0.3) is 17.2 Å². The number of hydrogen-bond donors (Lipinski definition) is 1. The maximum Gasteiger partial charge on any atom is 0.471 e. The van der Waals surface area contributed by atoms with Crippen LogP contribution in [0.1, 0.15) is 26.3 Å². The van der Waals surface area contributed by atoms with Crippen molar-refractivity contribution in [3.63, 3.8) is 0 Å². The fourth-order valence-corrected chi connectivity index (χ4v) is 2.93. The molecule has 0 spiro atoms. The second kappa shape index (κ2) is 9.88. The SMILES string of the molecule is C=Cc1ccc(O)c(-c2ccccc2C(=O)OOS(=O)(=O)OOC(=O)c2ccccc2)c1. The lowest BCUT2D eigenvalue weighted by Crippen LogP contribution is -2.17. The van der Waals surface area contributed by atoms with Crippen LogP contribution in [0.15, 0.2) is 79.4 Å². The van der Waals surface area contributed by atoms with Crippen LogP contribution in [0.5, 0.6) is 5.75 Å². The van der Waals surface area contributed by atoms with Gasteiger partial charge in [0, 0.05) is 11.1 Å². The van der Waals surface area contributed by atoms with Crippen molar-refractivity contribution >= 4 is 28.4 Å². The van der Waals surface area contributed by atoms with E-state index < -0.39 is 22.3 Å². The minimum Gasteiger partial charge on any atom is -0.507 e. The molecule has 0 bridgehead atoms. The van der Waals surface area contributed by atoms with Crippen LogP contribution in [0.3, 0.4) is 0 Å². The largest absolute Gasteiger partial charge is 0.507 e. The third kappa shape index (κ3) is 5.58. The molecule has 0 saturated carbocycles. The molecule has 0 aliphatic heterocycles. The number of phenols is 1. The average molecular weight is 456 g/mol. The van der Waals surface area contributed by atoms with Crippen LogP contribution in [-0.4, -0.2) is 25.5 Å². The Morgan fingerprint density at radius 2 is 1.44 bits per heavy atom. The van der Waals surface area contributed by atoms with Crippen molar-refractivity contribution in [1.82, 2.24) is 0 Å². The first-order chi connectivity index (χ1) is 15.3. The van der Waals surface area contributed by atoms with Crippen molar-refractivity contribution in [2.45, 2.75) is 0 Å². The van der Waals surface area contributed by atoms with Gasteiger partial charge in [-0.3, -0.25) is 9.78 Å². The Bertz CT molecular complexity index is 1250. The Labute approximate surface area is 183 Å². The third-order valence-corrected chi connectivity index (χ3v) is 4.56. The van der Waals surface area contributed by atoms with Crippen molar-refractivity contribution in [3.8, 4) is 16.9 Å². The van der Waals surface area contributed by atoms with Gasteiger partial charge in [0.15, 0.2) is 0 Å². The summed E-state index contributed by atoms with van der Waals surface area (Å²) in [7, 11) is -5.03. The van der Waals surface area contributed by atoms with Gasteiger partial charge in [-0.05, 0) is 44.6 Å². The smallest absolute Gasteiger partial charge is 0.471 e. The zero-order valence-corrected chi connectivity index (χ0v) is 17.2. The summed E-state index contributed by atoms with van der Waals surface area (Å²) in [6.45, 7) is 3.65. The molecule has 0 aromatic heterocycles. The van der Waals surface area contributed by atoms with Crippen molar-refractivity contribution < 1.29 is 41.6 Å². The normalized spacial score (nSPS) is 10.9. The Morgan fingerprint density at radius 3 is 2.12 bits per heavy atom. The fourth-order valence-electron chi connectivity index (χ4n) is 2.62. The molecule has 0 heterocycles. The molecular formula is C22H16O9S.